The van der Waals surface area contributed by atoms with Crippen molar-refractivity contribution in [3.8, 4) is 0 Å². The highest BCUT2D eigenvalue weighted by Gasteiger charge is 2.85. The number of fused-ring (bicyclic) bond motifs is 1. The molecule has 1 N–H and O–H groups in total. The first-order valence-electron chi connectivity index (χ1n) is 23.2. The minimum Gasteiger partial charge on any atom is -0.345 e. The zero-order chi connectivity index (χ0) is 41.7. The van der Waals surface area contributed by atoms with Crippen molar-refractivity contribution in [2.45, 2.75) is 208 Å². The van der Waals surface area contributed by atoms with Crippen molar-refractivity contribution in [3.63, 3.8) is 0 Å². The third-order valence-electron chi connectivity index (χ3n) is 17.1. The van der Waals surface area contributed by atoms with E-state index in [1.165, 1.54) is 0 Å². The lowest BCUT2D eigenvalue weighted by Gasteiger charge is -2.40. The van der Waals surface area contributed by atoms with Gasteiger partial charge in [-0.1, -0.05) is 80.6 Å². The largest absolute Gasteiger partial charge is 0.345 e. The number of hydrogen-bond donors (Lipinski definition) is 1. The van der Waals surface area contributed by atoms with Gasteiger partial charge in [0.2, 0.25) is 17.6 Å². The minimum absolute atomic E-state index is 0.00414. The SMILES string of the molecule is CCC[C@H](CC(=O)[C@@H]1C[C@@]2(CN1C(=O)[C@@H](CC(=O)[C@@H](NC(=O)[C@@H]1CCCN1C(C)(C)CC)C1CCCCC1)C(C)(C)C)C(C)(C)C21CCC1)C(=O)C(=O)CC1CC1. The van der Waals surface area contributed by atoms with E-state index in [1.807, 2.05) is 32.6 Å². The van der Waals surface area contributed by atoms with Crippen LogP contribution >= 0.6 is 0 Å². The number of carbonyl (C=O) groups excluding carboxylic acids is 6. The molecule has 0 aromatic rings. The monoisotopic (exact) mass is 792 g/mol. The topological polar surface area (TPSA) is 121 Å². The molecular weight excluding hydrogens is 715 g/mol. The summed E-state index contributed by atoms with van der Waals surface area (Å²) in [6.07, 6.45) is 14.9. The molecule has 0 radical (unpaired) electrons. The molecule has 2 heterocycles. The van der Waals surface area contributed by atoms with Crippen LogP contribution in [-0.4, -0.2) is 81.5 Å². The molecule has 0 unspecified atom stereocenters. The number of Topliss-reactive ketones (excluding diaryl/α,β-unsaturated/α-hetero) is 4. The Morgan fingerprint density at radius 2 is 1.46 bits per heavy atom. The molecule has 0 bridgehead atoms. The first kappa shape index (κ1) is 44.1. The molecule has 6 fully saturated rings. The highest BCUT2D eigenvalue weighted by molar-refractivity contribution is 6.38. The Labute approximate surface area is 344 Å². The standard InChI is InChI=1S/C48H77N3O6/c1-10-17-33(41(55)39(54)26-31-21-22-31)27-37(52)36-29-48(46(8,9)47(48)23-16-24-47)30-50(36)43(57)34(44(3,4)5)28-38(53)40(32-18-13-12-14-19-32)49-42(56)35-20-15-25-51(35)45(6,7)11-2/h31-36,40H,10-30H2,1-9H3,(H,49,56)/t33-,34-,35+,36+,40+,48-/m1/s1. The van der Waals surface area contributed by atoms with Gasteiger partial charge in [0, 0.05) is 48.6 Å². The van der Waals surface area contributed by atoms with Crippen molar-refractivity contribution < 1.29 is 28.8 Å². The zero-order valence-electron chi connectivity index (χ0n) is 37.2. The molecule has 4 aliphatic carbocycles. The summed E-state index contributed by atoms with van der Waals surface area (Å²) in [7, 11) is 0. The van der Waals surface area contributed by atoms with E-state index in [1.54, 1.807) is 0 Å². The van der Waals surface area contributed by atoms with Crippen LogP contribution in [0.15, 0.2) is 0 Å². The van der Waals surface area contributed by atoms with Crippen LogP contribution < -0.4 is 5.32 Å². The summed E-state index contributed by atoms with van der Waals surface area (Å²) in [5.74, 6) is -2.22. The first-order chi connectivity index (χ1) is 26.7. The summed E-state index contributed by atoms with van der Waals surface area (Å²) >= 11 is 0. The van der Waals surface area contributed by atoms with Gasteiger partial charge < -0.3 is 10.2 Å². The Balaban J connectivity index is 1.26. The quantitative estimate of drug-likeness (QED) is 0.138. The number of rotatable bonds is 18. The number of ketones is 4. The van der Waals surface area contributed by atoms with Crippen molar-refractivity contribution in [1.29, 1.82) is 0 Å². The average Bonchev–Trinajstić information content (AvgIpc) is 3.81. The fraction of sp³-hybridized carbons (Fsp3) is 0.875. The second-order valence-corrected chi connectivity index (χ2v) is 21.9. The number of hydrogen-bond acceptors (Lipinski definition) is 7. The molecule has 4 saturated carbocycles. The van der Waals surface area contributed by atoms with E-state index in [0.717, 1.165) is 90.0 Å². The predicted octanol–water partition coefficient (Wildman–Crippen LogP) is 8.44. The van der Waals surface area contributed by atoms with Gasteiger partial charge in [0.15, 0.2) is 17.3 Å². The van der Waals surface area contributed by atoms with Crippen LogP contribution in [0.25, 0.3) is 0 Å². The van der Waals surface area contributed by atoms with E-state index in [0.29, 0.717) is 31.7 Å². The summed E-state index contributed by atoms with van der Waals surface area (Å²) < 4.78 is 0. The van der Waals surface area contributed by atoms with E-state index >= 15 is 4.79 Å². The summed E-state index contributed by atoms with van der Waals surface area (Å²) in [6, 6.07) is -1.62. The molecule has 2 aliphatic heterocycles. The number of amides is 2. The van der Waals surface area contributed by atoms with Gasteiger partial charge in [-0.2, -0.15) is 0 Å². The fourth-order valence-electron chi connectivity index (χ4n) is 12.5. The number of carbonyl (C=O) groups is 6. The maximum Gasteiger partial charge on any atom is 0.237 e. The second-order valence-electron chi connectivity index (χ2n) is 21.9. The molecule has 6 atom stereocenters. The maximum absolute atomic E-state index is 15.3. The predicted molar refractivity (Wildman–Crippen MR) is 223 cm³/mol. The zero-order valence-corrected chi connectivity index (χ0v) is 37.2. The molecule has 9 heteroatoms. The van der Waals surface area contributed by atoms with Crippen LogP contribution in [0.3, 0.4) is 0 Å². The van der Waals surface area contributed by atoms with Crippen molar-refractivity contribution in [1.82, 2.24) is 15.1 Å². The van der Waals surface area contributed by atoms with E-state index < -0.39 is 35.1 Å². The van der Waals surface area contributed by atoms with E-state index in [4.69, 9.17) is 0 Å². The summed E-state index contributed by atoms with van der Waals surface area (Å²) in [5, 5.41) is 3.31. The molecule has 2 spiro atoms. The highest BCUT2D eigenvalue weighted by Crippen LogP contribution is 2.88. The second kappa shape index (κ2) is 16.6. The van der Waals surface area contributed by atoms with Gasteiger partial charge in [0.05, 0.1) is 18.1 Å². The molecular formula is C48H77N3O6. The van der Waals surface area contributed by atoms with Crippen molar-refractivity contribution in [2.75, 3.05) is 13.1 Å². The Hall–Kier alpha value is -2.42. The fourth-order valence-corrected chi connectivity index (χ4v) is 12.5. The van der Waals surface area contributed by atoms with Crippen LogP contribution in [-0.2, 0) is 28.8 Å². The Morgan fingerprint density at radius 3 is 2.00 bits per heavy atom. The lowest BCUT2D eigenvalue weighted by atomic mass is 9.73. The molecule has 57 heavy (non-hydrogen) atoms. The van der Waals surface area contributed by atoms with Gasteiger partial charge in [0.25, 0.3) is 0 Å². The Kier molecular flexibility index (Phi) is 12.8. The molecule has 6 rings (SSSR count). The van der Waals surface area contributed by atoms with Gasteiger partial charge in [-0.25, -0.2) is 0 Å². The molecule has 0 aromatic carbocycles. The van der Waals surface area contributed by atoms with Crippen LogP contribution in [0.2, 0.25) is 0 Å². The van der Waals surface area contributed by atoms with Crippen molar-refractivity contribution in [2.24, 2.45) is 45.3 Å². The number of nitrogens with one attached hydrogen (secondary N) is 1. The molecule has 0 aromatic heterocycles. The van der Waals surface area contributed by atoms with Gasteiger partial charge in [0.1, 0.15) is 0 Å². The third-order valence-corrected chi connectivity index (χ3v) is 17.1. The lowest BCUT2D eigenvalue weighted by molar-refractivity contribution is -0.147. The van der Waals surface area contributed by atoms with Gasteiger partial charge in [-0.3, -0.25) is 33.7 Å². The van der Waals surface area contributed by atoms with Crippen LogP contribution in [0.1, 0.15) is 184 Å². The summed E-state index contributed by atoms with van der Waals surface area (Å²) in [5.41, 5.74) is -0.846. The molecule has 320 valence electrons. The molecule has 9 nitrogen and oxygen atoms in total. The van der Waals surface area contributed by atoms with E-state index in [9.17, 15) is 24.0 Å². The normalized spacial score (nSPS) is 28.8. The Morgan fingerprint density at radius 1 is 0.789 bits per heavy atom. The van der Waals surface area contributed by atoms with Gasteiger partial charge in [-0.15, -0.1) is 0 Å². The van der Waals surface area contributed by atoms with Crippen LogP contribution in [0.5, 0.6) is 0 Å². The number of nitrogens with zero attached hydrogens (tertiary/aromatic N) is 2. The Bertz CT molecular complexity index is 1560. The minimum atomic E-state index is -0.688. The molecule has 2 amide bonds. The number of likely N-dealkylation sites (tertiary alicyclic amines) is 2. The van der Waals surface area contributed by atoms with E-state index in [2.05, 4.69) is 44.8 Å². The maximum atomic E-state index is 15.3. The van der Waals surface area contributed by atoms with Crippen LogP contribution in [0, 0.1) is 45.3 Å². The van der Waals surface area contributed by atoms with Gasteiger partial charge in [-0.05, 0) is 119 Å². The van der Waals surface area contributed by atoms with Crippen molar-refractivity contribution >= 4 is 34.9 Å². The summed E-state index contributed by atoms with van der Waals surface area (Å²) in [6.45, 7) is 20.5. The first-order valence-corrected chi connectivity index (χ1v) is 23.2. The van der Waals surface area contributed by atoms with Crippen molar-refractivity contribution in [3.05, 3.63) is 0 Å². The smallest absolute Gasteiger partial charge is 0.237 e. The summed E-state index contributed by atoms with van der Waals surface area (Å²) in [4.78, 5) is 89.6. The van der Waals surface area contributed by atoms with Crippen LogP contribution in [0.4, 0.5) is 0 Å². The third kappa shape index (κ3) is 8.23. The van der Waals surface area contributed by atoms with Gasteiger partial charge >= 0.3 is 0 Å². The average molecular weight is 792 g/mol. The molecule has 2 saturated heterocycles. The van der Waals surface area contributed by atoms with E-state index in [-0.39, 0.29) is 82.2 Å². The molecule has 6 aliphatic rings. The highest BCUT2D eigenvalue weighted by atomic mass is 16.2. The lowest BCUT2D eigenvalue weighted by Crippen LogP contribution is -2.57.